The number of rotatable bonds is 2. The number of hydrogen-bond donors (Lipinski definition) is 1. The van der Waals surface area contributed by atoms with E-state index in [2.05, 4.69) is 12.2 Å². The van der Waals surface area contributed by atoms with Crippen LogP contribution in [0.1, 0.15) is 30.1 Å². The van der Waals surface area contributed by atoms with Crippen molar-refractivity contribution in [2.75, 3.05) is 32.7 Å². The highest BCUT2D eigenvalue weighted by Gasteiger charge is 2.33. The van der Waals surface area contributed by atoms with E-state index in [9.17, 15) is 9.59 Å². The first-order chi connectivity index (χ1) is 11.6. The van der Waals surface area contributed by atoms with Gasteiger partial charge >= 0.3 is 0 Å². The molecule has 25 heavy (non-hydrogen) atoms. The highest BCUT2D eigenvalue weighted by atomic mass is 35.5. The zero-order chi connectivity index (χ0) is 17.1. The molecule has 0 spiro atoms. The number of carbonyl (C=O) groups is 2. The number of benzene rings is 1. The standard InChI is InChI=1S/C18H24ClN3O2.ClH/c1-13-11-20-8-10-22(13)18(24)15-3-2-9-21(12-15)17(23)14-4-6-16(19)7-5-14;/h4-7,13,15,20H,2-3,8-12H2,1H3;1H/t13-,15?;/m0./s1. The summed E-state index contributed by atoms with van der Waals surface area (Å²) in [6, 6.07) is 7.16. The lowest BCUT2D eigenvalue weighted by atomic mass is 9.95. The maximum Gasteiger partial charge on any atom is 0.253 e. The third-order valence-electron chi connectivity index (χ3n) is 4.93. The third-order valence-corrected chi connectivity index (χ3v) is 5.19. The van der Waals surface area contributed by atoms with Gasteiger partial charge in [0.1, 0.15) is 0 Å². The summed E-state index contributed by atoms with van der Waals surface area (Å²) in [4.78, 5) is 29.3. The fraction of sp³-hybridized carbons (Fsp3) is 0.556. The van der Waals surface area contributed by atoms with E-state index in [1.165, 1.54) is 0 Å². The van der Waals surface area contributed by atoms with Gasteiger partial charge in [-0.25, -0.2) is 0 Å². The molecular weight excluding hydrogens is 361 g/mol. The van der Waals surface area contributed by atoms with E-state index < -0.39 is 0 Å². The lowest BCUT2D eigenvalue weighted by Gasteiger charge is -2.39. The summed E-state index contributed by atoms with van der Waals surface area (Å²) < 4.78 is 0. The smallest absolute Gasteiger partial charge is 0.253 e. The van der Waals surface area contributed by atoms with Gasteiger partial charge in [0.15, 0.2) is 0 Å². The summed E-state index contributed by atoms with van der Waals surface area (Å²) in [5.74, 6) is 0.0886. The van der Waals surface area contributed by atoms with Crippen molar-refractivity contribution in [3.63, 3.8) is 0 Å². The second kappa shape index (κ2) is 8.88. The minimum absolute atomic E-state index is 0. The van der Waals surface area contributed by atoms with Crippen LogP contribution in [0.5, 0.6) is 0 Å². The van der Waals surface area contributed by atoms with Crippen molar-refractivity contribution in [1.29, 1.82) is 0 Å². The molecule has 1 aromatic carbocycles. The van der Waals surface area contributed by atoms with Gasteiger partial charge in [0.2, 0.25) is 5.91 Å². The van der Waals surface area contributed by atoms with E-state index in [0.29, 0.717) is 23.7 Å². The zero-order valence-electron chi connectivity index (χ0n) is 14.4. The Bertz CT molecular complexity index is 609. The Kier molecular flexibility index (Phi) is 7.11. The number of nitrogens with one attached hydrogen (secondary N) is 1. The average molecular weight is 386 g/mol. The second-order valence-corrected chi connectivity index (χ2v) is 7.12. The first kappa shape index (κ1) is 20.0. The van der Waals surface area contributed by atoms with E-state index in [4.69, 9.17) is 11.6 Å². The number of nitrogens with zero attached hydrogens (tertiary/aromatic N) is 2. The highest BCUT2D eigenvalue weighted by Crippen LogP contribution is 2.22. The summed E-state index contributed by atoms with van der Waals surface area (Å²) in [7, 11) is 0. The van der Waals surface area contributed by atoms with Crippen LogP contribution in [0, 0.1) is 5.92 Å². The molecule has 0 aromatic heterocycles. The van der Waals surface area contributed by atoms with Crippen LogP contribution < -0.4 is 5.32 Å². The monoisotopic (exact) mass is 385 g/mol. The predicted molar refractivity (Wildman–Crippen MR) is 101 cm³/mol. The van der Waals surface area contributed by atoms with Crippen molar-refractivity contribution in [2.24, 2.45) is 5.92 Å². The molecule has 5 nitrogen and oxygen atoms in total. The van der Waals surface area contributed by atoms with Gasteiger partial charge in [0.25, 0.3) is 5.91 Å². The van der Waals surface area contributed by atoms with Crippen LogP contribution in [0.15, 0.2) is 24.3 Å². The maximum atomic E-state index is 12.9. The normalized spacial score (nSPS) is 23.8. The summed E-state index contributed by atoms with van der Waals surface area (Å²) in [5.41, 5.74) is 0.628. The van der Waals surface area contributed by atoms with E-state index in [1.807, 2.05) is 9.80 Å². The van der Waals surface area contributed by atoms with E-state index in [1.54, 1.807) is 24.3 Å². The minimum atomic E-state index is -0.0875. The SMILES string of the molecule is C[C@H]1CNCCN1C(=O)C1CCCN(C(=O)c2ccc(Cl)cc2)C1.Cl. The van der Waals surface area contributed by atoms with Crippen LogP contribution in [0.4, 0.5) is 0 Å². The summed E-state index contributed by atoms with van der Waals surface area (Å²) in [6.07, 6.45) is 1.73. The fourth-order valence-electron chi connectivity index (χ4n) is 3.54. The first-order valence-electron chi connectivity index (χ1n) is 8.62. The lowest BCUT2D eigenvalue weighted by Crippen LogP contribution is -2.55. The van der Waals surface area contributed by atoms with Crippen molar-refractivity contribution in [3.8, 4) is 0 Å². The molecule has 0 aliphatic carbocycles. The third kappa shape index (κ3) is 4.66. The van der Waals surface area contributed by atoms with Crippen molar-refractivity contribution in [1.82, 2.24) is 15.1 Å². The van der Waals surface area contributed by atoms with E-state index >= 15 is 0 Å². The Balaban J connectivity index is 0.00000225. The largest absolute Gasteiger partial charge is 0.338 e. The highest BCUT2D eigenvalue weighted by molar-refractivity contribution is 6.30. The lowest BCUT2D eigenvalue weighted by molar-refractivity contribution is -0.139. The van der Waals surface area contributed by atoms with Gasteiger partial charge in [0, 0.05) is 49.4 Å². The van der Waals surface area contributed by atoms with Crippen LogP contribution in [0.3, 0.4) is 0 Å². The molecule has 2 aliphatic rings. The van der Waals surface area contributed by atoms with Crippen LogP contribution in [-0.2, 0) is 4.79 Å². The van der Waals surface area contributed by atoms with Gasteiger partial charge in [-0.15, -0.1) is 12.4 Å². The molecule has 0 bridgehead atoms. The number of piperazine rings is 1. The van der Waals surface area contributed by atoms with Crippen molar-refractivity contribution < 1.29 is 9.59 Å². The van der Waals surface area contributed by atoms with Crippen LogP contribution in [0.2, 0.25) is 5.02 Å². The van der Waals surface area contributed by atoms with Crippen molar-refractivity contribution >= 4 is 35.8 Å². The summed E-state index contributed by atoms with van der Waals surface area (Å²) >= 11 is 5.89. The Hall–Kier alpha value is -1.30. The van der Waals surface area contributed by atoms with Gasteiger partial charge in [-0.05, 0) is 44.0 Å². The zero-order valence-corrected chi connectivity index (χ0v) is 16.0. The molecular formula is C18H25Cl2N3O2. The number of halogens is 2. The Morgan fingerprint density at radius 1 is 1.20 bits per heavy atom. The maximum absolute atomic E-state index is 12.9. The molecule has 2 amide bonds. The Morgan fingerprint density at radius 2 is 1.92 bits per heavy atom. The number of carbonyl (C=O) groups excluding carboxylic acids is 2. The molecule has 1 unspecified atom stereocenters. The predicted octanol–water partition coefficient (Wildman–Crippen LogP) is 2.43. The minimum Gasteiger partial charge on any atom is -0.338 e. The molecule has 2 atom stereocenters. The topological polar surface area (TPSA) is 52.7 Å². The number of likely N-dealkylation sites (tertiary alicyclic amines) is 1. The molecule has 7 heteroatoms. The quantitative estimate of drug-likeness (QED) is 0.850. The van der Waals surface area contributed by atoms with Crippen LogP contribution in [-0.4, -0.2) is 60.4 Å². The molecule has 2 aliphatic heterocycles. The number of hydrogen-bond acceptors (Lipinski definition) is 3. The van der Waals surface area contributed by atoms with E-state index in [-0.39, 0.29) is 36.2 Å². The molecule has 0 radical (unpaired) electrons. The summed E-state index contributed by atoms with van der Waals surface area (Å²) in [6.45, 7) is 5.73. The van der Waals surface area contributed by atoms with Crippen molar-refractivity contribution in [3.05, 3.63) is 34.9 Å². The molecule has 1 N–H and O–H groups in total. The summed E-state index contributed by atoms with van der Waals surface area (Å²) in [5, 5.41) is 3.92. The molecule has 2 saturated heterocycles. The molecule has 2 heterocycles. The van der Waals surface area contributed by atoms with Gasteiger partial charge in [-0.1, -0.05) is 11.6 Å². The van der Waals surface area contributed by atoms with E-state index in [0.717, 1.165) is 32.5 Å². The van der Waals surface area contributed by atoms with Gasteiger partial charge in [-0.2, -0.15) is 0 Å². The molecule has 2 fully saturated rings. The van der Waals surface area contributed by atoms with Gasteiger partial charge in [0.05, 0.1) is 5.92 Å². The average Bonchev–Trinajstić information content (AvgIpc) is 2.62. The first-order valence-corrected chi connectivity index (χ1v) is 9.00. The second-order valence-electron chi connectivity index (χ2n) is 6.68. The molecule has 138 valence electrons. The molecule has 0 saturated carbocycles. The van der Waals surface area contributed by atoms with Crippen molar-refractivity contribution in [2.45, 2.75) is 25.8 Å². The number of piperidine rings is 1. The van der Waals surface area contributed by atoms with Crippen LogP contribution >= 0.6 is 24.0 Å². The fourth-order valence-corrected chi connectivity index (χ4v) is 3.67. The number of amides is 2. The van der Waals surface area contributed by atoms with Crippen LogP contribution in [0.25, 0.3) is 0 Å². The molecule has 1 aromatic rings. The Morgan fingerprint density at radius 3 is 2.60 bits per heavy atom. The Labute approximate surface area is 160 Å². The van der Waals surface area contributed by atoms with Gasteiger partial charge < -0.3 is 15.1 Å². The molecule has 3 rings (SSSR count). The van der Waals surface area contributed by atoms with Gasteiger partial charge in [-0.3, -0.25) is 9.59 Å².